The number of thioether (sulfide) groups is 1. The van der Waals surface area contributed by atoms with Crippen molar-refractivity contribution in [3.63, 3.8) is 0 Å². The number of hydrogen-bond acceptors (Lipinski definition) is 3. The Morgan fingerprint density at radius 1 is 1.16 bits per heavy atom. The van der Waals surface area contributed by atoms with Gasteiger partial charge in [-0.05, 0) is 49.4 Å². The fourth-order valence-electron chi connectivity index (χ4n) is 2.36. The van der Waals surface area contributed by atoms with Crippen molar-refractivity contribution in [3.05, 3.63) is 70.1 Å². The molecule has 0 aliphatic carbocycles. The standard InChI is InChI=1S/C19H16F2N2OS/c1-3-23-18(24)17(10-13-6-4-12(2)5-7-13)25-19(23)22-16-9-8-14(20)11-15(16)21/h4-11H,3H2,1-2H3/b17-10+,22-19?. The van der Waals surface area contributed by atoms with Gasteiger partial charge in [0.2, 0.25) is 0 Å². The Kier molecular flexibility index (Phi) is 4.99. The minimum absolute atomic E-state index is 0.00624. The topological polar surface area (TPSA) is 32.7 Å². The van der Waals surface area contributed by atoms with Crippen LogP contribution in [0.3, 0.4) is 0 Å². The minimum atomic E-state index is -0.757. The summed E-state index contributed by atoms with van der Waals surface area (Å²) in [5.74, 6) is -1.59. The summed E-state index contributed by atoms with van der Waals surface area (Å²) in [6.07, 6.45) is 1.79. The van der Waals surface area contributed by atoms with E-state index in [0.29, 0.717) is 16.6 Å². The molecular formula is C19H16F2N2OS. The number of amides is 1. The van der Waals surface area contributed by atoms with Crippen molar-refractivity contribution >= 4 is 34.6 Å². The van der Waals surface area contributed by atoms with E-state index in [1.165, 1.54) is 22.7 Å². The van der Waals surface area contributed by atoms with Gasteiger partial charge in [-0.15, -0.1) is 0 Å². The van der Waals surface area contributed by atoms with Crippen LogP contribution in [0.15, 0.2) is 52.4 Å². The molecule has 0 atom stereocenters. The smallest absolute Gasteiger partial charge is 0.266 e. The lowest BCUT2D eigenvalue weighted by Gasteiger charge is -2.12. The van der Waals surface area contributed by atoms with Gasteiger partial charge in [-0.2, -0.15) is 0 Å². The Morgan fingerprint density at radius 2 is 1.88 bits per heavy atom. The number of aryl methyl sites for hydroxylation is 1. The van der Waals surface area contributed by atoms with Gasteiger partial charge in [0.15, 0.2) is 11.0 Å². The molecule has 3 nitrogen and oxygen atoms in total. The van der Waals surface area contributed by atoms with E-state index in [4.69, 9.17) is 0 Å². The first-order valence-corrected chi connectivity index (χ1v) is 8.61. The number of aliphatic imine (C=N–C) groups is 1. The van der Waals surface area contributed by atoms with E-state index in [1.807, 2.05) is 38.1 Å². The lowest BCUT2D eigenvalue weighted by atomic mass is 10.1. The van der Waals surface area contributed by atoms with Crippen molar-refractivity contribution in [2.75, 3.05) is 6.54 Å². The van der Waals surface area contributed by atoms with E-state index >= 15 is 0 Å². The van der Waals surface area contributed by atoms with E-state index in [0.717, 1.165) is 23.3 Å². The molecule has 0 spiro atoms. The molecule has 1 heterocycles. The van der Waals surface area contributed by atoms with Gasteiger partial charge < -0.3 is 0 Å². The van der Waals surface area contributed by atoms with Gasteiger partial charge in [-0.1, -0.05) is 29.8 Å². The third-order valence-corrected chi connectivity index (χ3v) is 4.71. The van der Waals surface area contributed by atoms with Crippen LogP contribution in [-0.2, 0) is 4.79 Å². The first-order chi connectivity index (χ1) is 12.0. The monoisotopic (exact) mass is 358 g/mol. The molecule has 0 saturated carbocycles. The maximum atomic E-state index is 13.8. The Hall–Kier alpha value is -2.47. The fourth-order valence-corrected chi connectivity index (χ4v) is 3.41. The van der Waals surface area contributed by atoms with Crippen molar-refractivity contribution in [2.24, 2.45) is 4.99 Å². The minimum Gasteiger partial charge on any atom is -0.287 e. The number of halogens is 2. The number of benzene rings is 2. The van der Waals surface area contributed by atoms with Crippen LogP contribution < -0.4 is 0 Å². The molecule has 1 aliphatic rings. The molecule has 0 bridgehead atoms. The van der Waals surface area contributed by atoms with E-state index in [2.05, 4.69) is 4.99 Å². The average molecular weight is 358 g/mol. The number of carbonyl (C=O) groups is 1. The van der Waals surface area contributed by atoms with Crippen LogP contribution in [-0.4, -0.2) is 22.5 Å². The van der Waals surface area contributed by atoms with E-state index in [-0.39, 0.29) is 11.6 Å². The van der Waals surface area contributed by atoms with Crippen LogP contribution in [0, 0.1) is 18.6 Å². The number of rotatable bonds is 3. The van der Waals surface area contributed by atoms with Crippen LogP contribution in [0.4, 0.5) is 14.5 Å². The lowest BCUT2D eigenvalue weighted by Crippen LogP contribution is -2.28. The molecule has 0 aromatic heterocycles. The van der Waals surface area contributed by atoms with Gasteiger partial charge >= 0.3 is 0 Å². The molecule has 2 aromatic carbocycles. The lowest BCUT2D eigenvalue weighted by molar-refractivity contribution is -0.122. The Balaban J connectivity index is 1.94. The van der Waals surface area contributed by atoms with Crippen LogP contribution >= 0.6 is 11.8 Å². The molecule has 2 aromatic rings. The summed E-state index contributed by atoms with van der Waals surface area (Å²) in [5, 5.41) is 0.386. The SMILES string of the molecule is CCN1C(=O)/C(=C\c2ccc(C)cc2)SC1=Nc1ccc(F)cc1F. The zero-order valence-electron chi connectivity index (χ0n) is 13.8. The van der Waals surface area contributed by atoms with Gasteiger partial charge in [0.05, 0.1) is 4.91 Å². The molecule has 1 fully saturated rings. The molecular weight excluding hydrogens is 342 g/mol. The molecule has 25 heavy (non-hydrogen) atoms. The summed E-state index contributed by atoms with van der Waals surface area (Å²) in [6.45, 7) is 4.23. The van der Waals surface area contributed by atoms with Gasteiger partial charge in [0.25, 0.3) is 5.91 Å². The number of amidine groups is 1. The maximum absolute atomic E-state index is 13.8. The third kappa shape index (κ3) is 3.79. The summed E-state index contributed by atoms with van der Waals surface area (Å²) < 4.78 is 26.9. The van der Waals surface area contributed by atoms with Crippen LogP contribution in [0.5, 0.6) is 0 Å². The number of likely N-dealkylation sites (N-methyl/N-ethyl adjacent to an activating group) is 1. The fraction of sp³-hybridized carbons (Fsp3) is 0.158. The van der Waals surface area contributed by atoms with Crippen molar-refractivity contribution in [2.45, 2.75) is 13.8 Å². The number of carbonyl (C=O) groups excluding carboxylic acids is 1. The Morgan fingerprint density at radius 3 is 2.52 bits per heavy atom. The summed E-state index contributed by atoms with van der Waals surface area (Å²) in [6, 6.07) is 11.0. The molecule has 0 radical (unpaired) electrons. The highest BCUT2D eigenvalue weighted by Gasteiger charge is 2.32. The van der Waals surface area contributed by atoms with Crippen LogP contribution in [0.2, 0.25) is 0 Å². The second-order valence-electron chi connectivity index (χ2n) is 5.56. The van der Waals surface area contributed by atoms with Crippen LogP contribution in [0.1, 0.15) is 18.1 Å². The van der Waals surface area contributed by atoms with Gasteiger partial charge in [-0.25, -0.2) is 13.8 Å². The number of hydrogen-bond donors (Lipinski definition) is 0. The largest absolute Gasteiger partial charge is 0.287 e. The zero-order chi connectivity index (χ0) is 18.0. The highest BCUT2D eigenvalue weighted by molar-refractivity contribution is 8.18. The van der Waals surface area contributed by atoms with Gasteiger partial charge in [0.1, 0.15) is 11.5 Å². The molecule has 1 saturated heterocycles. The van der Waals surface area contributed by atoms with Crippen molar-refractivity contribution < 1.29 is 13.6 Å². The Labute approximate surface area is 149 Å². The molecule has 1 amide bonds. The Bertz CT molecular complexity index is 875. The predicted molar refractivity (Wildman–Crippen MR) is 97.6 cm³/mol. The summed E-state index contributed by atoms with van der Waals surface area (Å²) >= 11 is 1.19. The highest BCUT2D eigenvalue weighted by atomic mass is 32.2. The number of nitrogens with zero attached hydrogens (tertiary/aromatic N) is 2. The van der Waals surface area contributed by atoms with Gasteiger partial charge in [-0.3, -0.25) is 9.69 Å². The highest BCUT2D eigenvalue weighted by Crippen LogP contribution is 2.34. The van der Waals surface area contributed by atoms with E-state index in [1.54, 1.807) is 6.08 Å². The summed E-state index contributed by atoms with van der Waals surface area (Å²) in [5.41, 5.74) is 2.05. The first kappa shape index (κ1) is 17.4. The third-order valence-electron chi connectivity index (χ3n) is 3.71. The molecule has 3 rings (SSSR count). The average Bonchev–Trinajstić information content (AvgIpc) is 2.87. The first-order valence-electron chi connectivity index (χ1n) is 7.79. The summed E-state index contributed by atoms with van der Waals surface area (Å²) in [7, 11) is 0. The molecule has 6 heteroatoms. The zero-order valence-corrected chi connectivity index (χ0v) is 14.6. The molecule has 0 N–H and O–H groups in total. The molecule has 128 valence electrons. The van der Waals surface area contributed by atoms with Crippen molar-refractivity contribution in [3.8, 4) is 0 Å². The quantitative estimate of drug-likeness (QED) is 0.731. The predicted octanol–water partition coefficient (Wildman–Crippen LogP) is 4.90. The molecule has 1 aliphatic heterocycles. The van der Waals surface area contributed by atoms with E-state index in [9.17, 15) is 13.6 Å². The van der Waals surface area contributed by atoms with Gasteiger partial charge in [0, 0.05) is 12.6 Å². The van der Waals surface area contributed by atoms with Crippen molar-refractivity contribution in [1.82, 2.24) is 4.90 Å². The normalized spacial score (nSPS) is 17.8. The second kappa shape index (κ2) is 7.19. The van der Waals surface area contributed by atoms with Crippen molar-refractivity contribution in [1.29, 1.82) is 0 Å². The molecule has 0 unspecified atom stereocenters. The van der Waals surface area contributed by atoms with Crippen LogP contribution in [0.25, 0.3) is 6.08 Å². The second-order valence-corrected chi connectivity index (χ2v) is 6.57. The maximum Gasteiger partial charge on any atom is 0.266 e. The summed E-state index contributed by atoms with van der Waals surface area (Å²) in [4.78, 5) is 18.8. The van der Waals surface area contributed by atoms with E-state index < -0.39 is 11.6 Å².